The molecule has 30 heavy (non-hydrogen) atoms. The van der Waals surface area contributed by atoms with Crippen LogP contribution in [0.2, 0.25) is 0 Å². The smallest absolute Gasteiger partial charge is 0.416 e. The van der Waals surface area contributed by atoms with E-state index < -0.39 is 23.9 Å². The Labute approximate surface area is 184 Å². The van der Waals surface area contributed by atoms with Crippen LogP contribution in [-0.4, -0.2) is 83.5 Å². The standard InChI is InChI=1S/C21H38N2O6S/c1-7-9-11-26-16-14(13-24)28-18-15(17(16)27-12-10-8-2)22-19(30-18)23(6)20(25)29-21(3,4)5/h14-18,24H,7-13H2,1-6H3/t14-,15-,16-,17-,18-/m1/s1. The third kappa shape index (κ3) is 6.82. The Balaban J connectivity index is 2.19. The summed E-state index contributed by atoms with van der Waals surface area (Å²) < 4.78 is 23.9. The van der Waals surface area contributed by atoms with Crippen molar-refractivity contribution in [3.63, 3.8) is 0 Å². The van der Waals surface area contributed by atoms with Crippen LogP contribution in [0.5, 0.6) is 0 Å². The number of aliphatic imine (C=N–C) groups is 1. The first-order valence-electron chi connectivity index (χ1n) is 10.9. The lowest BCUT2D eigenvalue weighted by Crippen LogP contribution is -2.58. The number of rotatable bonds is 9. The van der Waals surface area contributed by atoms with E-state index in [0.29, 0.717) is 18.4 Å². The highest BCUT2D eigenvalue weighted by molar-refractivity contribution is 8.14. The molecule has 1 N–H and O–H groups in total. The maximum Gasteiger partial charge on any atom is 0.416 e. The number of aliphatic hydroxyl groups is 1. The number of unbranched alkanes of at least 4 members (excludes halogenated alkanes) is 2. The van der Waals surface area contributed by atoms with Gasteiger partial charge in [0.1, 0.15) is 35.4 Å². The number of carbonyl (C=O) groups excluding carboxylic acids is 1. The minimum atomic E-state index is -0.593. The SMILES string of the molecule is CCCCO[C@@H]1[C@H]2N=C(N(C)C(=O)OC(C)(C)C)S[C@H]2O[C@H](CO)[C@H]1OCCCC. The Morgan fingerprint density at radius 3 is 2.30 bits per heavy atom. The Morgan fingerprint density at radius 1 is 1.17 bits per heavy atom. The van der Waals surface area contributed by atoms with Crippen LogP contribution in [0.3, 0.4) is 0 Å². The molecule has 174 valence electrons. The molecule has 0 saturated carbocycles. The molecule has 2 rings (SSSR count). The van der Waals surface area contributed by atoms with Gasteiger partial charge in [0.25, 0.3) is 0 Å². The molecule has 0 unspecified atom stereocenters. The van der Waals surface area contributed by atoms with Gasteiger partial charge in [0.15, 0.2) is 5.17 Å². The zero-order chi connectivity index (χ0) is 22.3. The number of thioether (sulfide) groups is 1. The van der Waals surface area contributed by atoms with E-state index in [1.807, 2.05) is 20.8 Å². The second-order valence-corrected chi connectivity index (χ2v) is 9.73. The van der Waals surface area contributed by atoms with Crippen LogP contribution < -0.4 is 0 Å². The van der Waals surface area contributed by atoms with Gasteiger partial charge in [-0.2, -0.15) is 0 Å². The quantitative estimate of drug-likeness (QED) is 0.543. The molecule has 2 aliphatic rings. The molecule has 2 heterocycles. The van der Waals surface area contributed by atoms with Crippen LogP contribution in [-0.2, 0) is 18.9 Å². The highest BCUT2D eigenvalue weighted by Gasteiger charge is 2.51. The highest BCUT2D eigenvalue weighted by atomic mass is 32.2. The molecule has 1 saturated heterocycles. The first-order chi connectivity index (χ1) is 14.2. The summed E-state index contributed by atoms with van der Waals surface area (Å²) in [6.07, 6.45) is 2.18. The van der Waals surface area contributed by atoms with Crippen LogP contribution in [0, 0.1) is 0 Å². The number of aliphatic hydroxyl groups excluding tert-OH is 1. The fourth-order valence-electron chi connectivity index (χ4n) is 3.23. The second kappa shape index (κ2) is 11.7. The summed E-state index contributed by atoms with van der Waals surface area (Å²) in [7, 11) is 1.64. The molecule has 0 spiro atoms. The lowest BCUT2D eigenvalue weighted by atomic mass is 9.98. The largest absolute Gasteiger partial charge is 0.443 e. The third-order valence-electron chi connectivity index (χ3n) is 4.85. The zero-order valence-corrected chi connectivity index (χ0v) is 19.9. The predicted molar refractivity (Wildman–Crippen MR) is 118 cm³/mol. The first kappa shape index (κ1) is 25.4. The van der Waals surface area contributed by atoms with E-state index in [2.05, 4.69) is 13.8 Å². The fraction of sp³-hybridized carbons (Fsp3) is 0.905. The van der Waals surface area contributed by atoms with Gasteiger partial charge < -0.3 is 24.1 Å². The molecule has 5 atom stereocenters. The number of nitrogens with zero attached hydrogens (tertiary/aromatic N) is 2. The molecule has 1 fully saturated rings. The molecule has 0 radical (unpaired) electrons. The van der Waals surface area contributed by atoms with Crippen LogP contribution >= 0.6 is 11.8 Å². The van der Waals surface area contributed by atoms with Gasteiger partial charge >= 0.3 is 6.09 Å². The van der Waals surface area contributed by atoms with Crippen molar-refractivity contribution in [2.24, 2.45) is 4.99 Å². The van der Waals surface area contributed by atoms with E-state index in [-0.39, 0.29) is 24.2 Å². The van der Waals surface area contributed by atoms with Crippen molar-refractivity contribution in [3.8, 4) is 0 Å². The van der Waals surface area contributed by atoms with E-state index in [4.69, 9.17) is 23.9 Å². The average molecular weight is 447 g/mol. The molecular formula is C21H38N2O6S. The van der Waals surface area contributed by atoms with Gasteiger partial charge in [-0.3, -0.25) is 9.89 Å². The number of hydrogen-bond acceptors (Lipinski definition) is 8. The van der Waals surface area contributed by atoms with Crippen LogP contribution in [0.25, 0.3) is 0 Å². The van der Waals surface area contributed by atoms with Crippen molar-refractivity contribution >= 4 is 23.0 Å². The maximum absolute atomic E-state index is 12.5. The van der Waals surface area contributed by atoms with Crippen molar-refractivity contribution in [2.45, 2.75) is 95.7 Å². The van der Waals surface area contributed by atoms with Crippen molar-refractivity contribution in [1.82, 2.24) is 4.90 Å². The number of amidine groups is 1. The predicted octanol–water partition coefficient (Wildman–Crippen LogP) is 3.41. The summed E-state index contributed by atoms with van der Waals surface area (Å²) in [5.41, 5.74) is -0.940. The topological polar surface area (TPSA) is 89.8 Å². The Hall–Kier alpha value is -0.870. The number of hydrogen-bond donors (Lipinski definition) is 1. The van der Waals surface area contributed by atoms with Crippen molar-refractivity contribution in [3.05, 3.63) is 0 Å². The minimum Gasteiger partial charge on any atom is -0.443 e. The molecule has 1 amide bonds. The summed E-state index contributed by atoms with van der Waals surface area (Å²) >= 11 is 1.36. The van der Waals surface area contributed by atoms with Crippen LogP contribution in [0.15, 0.2) is 4.99 Å². The molecule has 9 heteroatoms. The molecule has 8 nitrogen and oxygen atoms in total. The van der Waals surface area contributed by atoms with Crippen LogP contribution in [0.1, 0.15) is 60.3 Å². The molecule has 2 aliphatic heterocycles. The average Bonchev–Trinajstić information content (AvgIpc) is 3.10. The van der Waals surface area contributed by atoms with E-state index >= 15 is 0 Å². The van der Waals surface area contributed by atoms with Gasteiger partial charge in [0.2, 0.25) is 0 Å². The summed E-state index contributed by atoms with van der Waals surface area (Å²) in [6.45, 7) is 10.7. The Kier molecular flexibility index (Phi) is 9.87. The fourth-order valence-corrected chi connectivity index (χ4v) is 4.41. The van der Waals surface area contributed by atoms with Crippen molar-refractivity contribution in [2.75, 3.05) is 26.9 Å². The normalized spacial score (nSPS) is 28.8. The van der Waals surface area contributed by atoms with E-state index in [0.717, 1.165) is 25.7 Å². The van der Waals surface area contributed by atoms with Gasteiger partial charge in [-0.25, -0.2) is 4.79 Å². The lowest BCUT2D eigenvalue weighted by molar-refractivity contribution is -0.199. The van der Waals surface area contributed by atoms with Crippen molar-refractivity contribution < 1.29 is 28.8 Å². The monoisotopic (exact) mass is 446 g/mol. The zero-order valence-electron chi connectivity index (χ0n) is 19.1. The third-order valence-corrected chi connectivity index (χ3v) is 6.06. The summed E-state index contributed by atoms with van der Waals surface area (Å²) in [6, 6.07) is -0.318. The summed E-state index contributed by atoms with van der Waals surface area (Å²) in [5, 5.41) is 10.4. The number of fused-ring (bicyclic) bond motifs is 1. The van der Waals surface area contributed by atoms with E-state index in [1.165, 1.54) is 16.7 Å². The maximum atomic E-state index is 12.5. The van der Waals surface area contributed by atoms with Crippen LogP contribution in [0.4, 0.5) is 4.79 Å². The number of ether oxygens (including phenoxy) is 4. The molecular weight excluding hydrogens is 408 g/mol. The summed E-state index contributed by atoms with van der Waals surface area (Å²) in [4.78, 5) is 18.6. The minimum absolute atomic E-state index is 0.161. The summed E-state index contributed by atoms with van der Waals surface area (Å²) in [5.74, 6) is 0. The van der Waals surface area contributed by atoms with Gasteiger partial charge in [0.05, 0.1) is 6.61 Å². The molecule has 0 aromatic heterocycles. The van der Waals surface area contributed by atoms with Gasteiger partial charge in [-0.15, -0.1) is 0 Å². The molecule has 0 bridgehead atoms. The van der Waals surface area contributed by atoms with Gasteiger partial charge in [0, 0.05) is 20.3 Å². The van der Waals surface area contributed by atoms with Gasteiger partial charge in [-0.1, -0.05) is 38.5 Å². The molecule has 0 aromatic rings. The molecule has 0 aliphatic carbocycles. The van der Waals surface area contributed by atoms with Gasteiger partial charge in [-0.05, 0) is 33.6 Å². The molecule has 0 aromatic carbocycles. The van der Waals surface area contributed by atoms with E-state index in [9.17, 15) is 9.90 Å². The first-order valence-corrected chi connectivity index (χ1v) is 11.8. The van der Waals surface area contributed by atoms with E-state index in [1.54, 1.807) is 7.05 Å². The number of amides is 1. The van der Waals surface area contributed by atoms with Crippen molar-refractivity contribution in [1.29, 1.82) is 0 Å². The number of carbonyl (C=O) groups is 1. The second-order valence-electron chi connectivity index (χ2n) is 8.66. The lowest BCUT2D eigenvalue weighted by Gasteiger charge is -2.42. The Morgan fingerprint density at radius 2 is 1.77 bits per heavy atom. The Bertz CT molecular complexity index is 582. The highest BCUT2D eigenvalue weighted by Crippen LogP contribution is 2.39.